The first kappa shape index (κ1) is 16.6. The van der Waals surface area contributed by atoms with E-state index in [1.807, 2.05) is 0 Å². The maximum Gasteiger partial charge on any atom is 0.244 e. The van der Waals surface area contributed by atoms with E-state index < -0.39 is 0 Å². The van der Waals surface area contributed by atoms with E-state index in [4.69, 9.17) is 9.47 Å². The SMILES string of the molecule is CCCC1CC(=O)N(CC(=O)Nc2ccc3c(c2)OCCO3)CN1. The topological polar surface area (TPSA) is 79.9 Å². The van der Waals surface area contributed by atoms with Gasteiger partial charge in [-0.1, -0.05) is 13.3 Å². The highest BCUT2D eigenvalue weighted by molar-refractivity contribution is 5.95. The van der Waals surface area contributed by atoms with Crippen LogP contribution in [0.1, 0.15) is 26.2 Å². The first-order valence-corrected chi connectivity index (χ1v) is 8.36. The van der Waals surface area contributed by atoms with Crippen molar-refractivity contribution in [2.45, 2.75) is 32.2 Å². The average molecular weight is 333 g/mol. The molecule has 0 saturated carbocycles. The number of carbonyl (C=O) groups excluding carboxylic acids is 2. The van der Waals surface area contributed by atoms with Crippen molar-refractivity contribution in [3.63, 3.8) is 0 Å². The van der Waals surface area contributed by atoms with Gasteiger partial charge in [0.2, 0.25) is 11.8 Å². The monoisotopic (exact) mass is 333 g/mol. The minimum atomic E-state index is -0.226. The van der Waals surface area contributed by atoms with Gasteiger partial charge in [0.15, 0.2) is 11.5 Å². The Morgan fingerprint density at radius 1 is 1.33 bits per heavy atom. The number of carbonyl (C=O) groups is 2. The van der Waals surface area contributed by atoms with E-state index in [1.54, 1.807) is 23.1 Å². The largest absolute Gasteiger partial charge is 0.486 e. The minimum absolute atomic E-state index is 0.0181. The first-order chi connectivity index (χ1) is 11.7. The molecule has 2 heterocycles. The quantitative estimate of drug-likeness (QED) is 0.850. The summed E-state index contributed by atoms with van der Waals surface area (Å²) in [6.45, 7) is 3.58. The van der Waals surface area contributed by atoms with Crippen molar-refractivity contribution < 1.29 is 19.1 Å². The van der Waals surface area contributed by atoms with E-state index in [2.05, 4.69) is 17.6 Å². The van der Waals surface area contributed by atoms with Gasteiger partial charge < -0.3 is 19.7 Å². The fraction of sp³-hybridized carbons (Fsp3) is 0.529. The molecule has 1 aromatic rings. The Bertz CT molecular complexity index is 620. The number of hydrogen-bond donors (Lipinski definition) is 2. The number of rotatable bonds is 5. The van der Waals surface area contributed by atoms with Gasteiger partial charge in [0.05, 0.1) is 6.67 Å². The highest BCUT2D eigenvalue weighted by atomic mass is 16.6. The van der Waals surface area contributed by atoms with Crippen molar-refractivity contribution in [3.05, 3.63) is 18.2 Å². The van der Waals surface area contributed by atoms with Crippen LogP contribution in [-0.4, -0.2) is 49.2 Å². The molecule has 0 bridgehead atoms. The summed E-state index contributed by atoms with van der Waals surface area (Å²) in [5.41, 5.74) is 0.630. The third-order valence-electron chi connectivity index (χ3n) is 4.14. The zero-order chi connectivity index (χ0) is 16.9. The molecule has 0 spiro atoms. The van der Waals surface area contributed by atoms with Crippen LogP contribution in [0.5, 0.6) is 11.5 Å². The van der Waals surface area contributed by atoms with Crippen LogP contribution in [0.4, 0.5) is 5.69 Å². The first-order valence-electron chi connectivity index (χ1n) is 8.36. The second-order valence-corrected chi connectivity index (χ2v) is 6.05. The second kappa shape index (κ2) is 7.53. The van der Waals surface area contributed by atoms with Crippen LogP contribution in [-0.2, 0) is 9.59 Å². The van der Waals surface area contributed by atoms with Gasteiger partial charge in [-0.2, -0.15) is 0 Å². The molecular formula is C17H23N3O4. The molecule has 2 aliphatic heterocycles. The van der Waals surface area contributed by atoms with E-state index in [-0.39, 0.29) is 24.4 Å². The molecule has 1 saturated heterocycles. The van der Waals surface area contributed by atoms with Gasteiger partial charge in [0.1, 0.15) is 19.8 Å². The van der Waals surface area contributed by atoms with Gasteiger partial charge in [-0.15, -0.1) is 0 Å². The van der Waals surface area contributed by atoms with Crippen LogP contribution in [0.3, 0.4) is 0 Å². The average Bonchev–Trinajstić information content (AvgIpc) is 2.57. The number of anilines is 1. The molecule has 0 aromatic heterocycles. The van der Waals surface area contributed by atoms with Crippen LogP contribution in [0, 0.1) is 0 Å². The lowest BCUT2D eigenvalue weighted by molar-refractivity contribution is -0.138. The lowest BCUT2D eigenvalue weighted by atomic mass is 10.1. The molecule has 2 aliphatic rings. The highest BCUT2D eigenvalue weighted by Gasteiger charge is 2.26. The van der Waals surface area contributed by atoms with Crippen LogP contribution in [0.15, 0.2) is 18.2 Å². The molecule has 1 aromatic carbocycles. The molecule has 2 amide bonds. The molecule has 1 atom stereocenters. The number of amides is 2. The normalized spacial score (nSPS) is 20.0. The van der Waals surface area contributed by atoms with Crippen molar-refractivity contribution in [3.8, 4) is 11.5 Å². The Morgan fingerprint density at radius 2 is 2.12 bits per heavy atom. The van der Waals surface area contributed by atoms with Crippen molar-refractivity contribution in [2.24, 2.45) is 0 Å². The summed E-state index contributed by atoms with van der Waals surface area (Å²) in [6, 6.07) is 5.49. The fourth-order valence-corrected chi connectivity index (χ4v) is 2.93. The number of benzene rings is 1. The maximum atomic E-state index is 12.2. The van der Waals surface area contributed by atoms with Gasteiger partial charge in [0, 0.05) is 24.2 Å². The van der Waals surface area contributed by atoms with Gasteiger partial charge >= 0.3 is 0 Å². The number of fused-ring (bicyclic) bond motifs is 1. The molecule has 1 fully saturated rings. The van der Waals surface area contributed by atoms with E-state index in [0.717, 1.165) is 12.8 Å². The van der Waals surface area contributed by atoms with E-state index in [9.17, 15) is 9.59 Å². The number of ether oxygens (including phenoxy) is 2. The standard InChI is InChI=1S/C17H23N3O4/c1-2-3-12-9-17(22)20(11-18-12)10-16(21)19-13-4-5-14-15(8-13)24-7-6-23-14/h4-5,8,12,18H,2-3,6-7,9-11H2,1H3,(H,19,21). The predicted molar refractivity (Wildman–Crippen MR) is 89.1 cm³/mol. The molecule has 7 nitrogen and oxygen atoms in total. The third-order valence-corrected chi connectivity index (χ3v) is 4.14. The molecule has 1 unspecified atom stereocenters. The molecule has 0 aliphatic carbocycles. The van der Waals surface area contributed by atoms with Crippen molar-refractivity contribution in [1.29, 1.82) is 0 Å². The zero-order valence-corrected chi connectivity index (χ0v) is 13.8. The Labute approximate surface area is 141 Å². The lowest BCUT2D eigenvalue weighted by Gasteiger charge is -2.32. The fourth-order valence-electron chi connectivity index (χ4n) is 2.93. The predicted octanol–water partition coefficient (Wildman–Crippen LogP) is 1.34. The zero-order valence-electron chi connectivity index (χ0n) is 13.8. The molecular weight excluding hydrogens is 310 g/mol. The second-order valence-electron chi connectivity index (χ2n) is 6.05. The van der Waals surface area contributed by atoms with Gasteiger partial charge in [-0.25, -0.2) is 0 Å². The third kappa shape index (κ3) is 3.97. The van der Waals surface area contributed by atoms with Crippen molar-refractivity contribution in [2.75, 3.05) is 31.7 Å². The summed E-state index contributed by atoms with van der Waals surface area (Å²) in [6.07, 6.45) is 2.46. The molecule has 0 radical (unpaired) electrons. The summed E-state index contributed by atoms with van der Waals surface area (Å²) in [4.78, 5) is 25.9. The van der Waals surface area contributed by atoms with Crippen LogP contribution in [0.25, 0.3) is 0 Å². The Balaban J connectivity index is 1.53. The molecule has 24 heavy (non-hydrogen) atoms. The maximum absolute atomic E-state index is 12.2. The van der Waals surface area contributed by atoms with Crippen LogP contribution in [0.2, 0.25) is 0 Å². The molecule has 7 heteroatoms. The number of nitrogens with zero attached hydrogens (tertiary/aromatic N) is 1. The van der Waals surface area contributed by atoms with Gasteiger partial charge in [-0.05, 0) is 18.6 Å². The van der Waals surface area contributed by atoms with Crippen LogP contribution < -0.4 is 20.1 Å². The van der Waals surface area contributed by atoms with Crippen LogP contribution >= 0.6 is 0 Å². The summed E-state index contributed by atoms with van der Waals surface area (Å²) < 4.78 is 10.9. The Hall–Kier alpha value is -2.28. The highest BCUT2D eigenvalue weighted by Crippen LogP contribution is 2.32. The number of nitrogens with one attached hydrogen (secondary N) is 2. The number of hydrogen-bond acceptors (Lipinski definition) is 5. The van der Waals surface area contributed by atoms with Gasteiger partial charge in [-0.3, -0.25) is 14.9 Å². The molecule has 3 rings (SSSR count). The molecule has 130 valence electrons. The van der Waals surface area contributed by atoms with E-state index in [0.29, 0.717) is 43.5 Å². The van der Waals surface area contributed by atoms with Crippen molar-refractivity contribution in [1.82, 2.24) is 10.2 Å². The molecule has 2 N–H and O–H groups in total. The summed E-state index contributed by atoms with van der Waals surface area (Å²) in [5.74, 6) is 1.09. The van der Waals surface area contributed by atoms with E-state index in [1.165, 1.54) is 0 Å². The summed E-state index contributed by atoms with van der Waals surface area (Å²) >= 11 is 0. The van der Waals surface area contributed by atoms with Gasteiger partial charge in [0.25, 0.3) is 0 Å². The Kier molecular flexibility index (Phi) is 5.20. The van der Waals surface area contributed by atoms with E-state index >= 15 is 0 Å². The van der Waals surface area contributed by atoms with Crippen molar-refractivity contribution >= 4 is 17.5 Å². The summed E-state index contributed by atoms with van der Waals surface area (Å²) in [5, 5.41) is 6.10. The Morgan fingerprint density at radius 3 is 2.88 bits per heavy atom. The lowest BCUT2D eigenvalue weighted by Crippen LogP contribution is -2.52. The minimum Gasteiger partial charge on any atom is -0.486 e. The summed E-state index contributed by atoms with van der Waals surface area (Å²) in [7, 11) is 0. The smallest absolute Gasteiger partial charge is 0.244 e.